The highest BCUT2D eigenvalue weighted by atomic mass is 32.1. The zero-order valence-corrected chi connectivity index (χ0v) is 12.3. The van der Waals surface area contributed by atoms with Gasteiger partial charge in [0, 0.05) is 29.4 Å². The van der Waals surface area contributed by atoms with Crippen molar-refractivity contribution in [3.63, 3.8) is 0 Å². The van der Waals surface area contributed by atoms with Gasteiger partial charge < -0.3 is 9.72 Å². The third-order valence-electron chi connectivity index (χ3n) is 3.02. The molecule has 0 aromatic carbocycles. The van der Waals surface area contributed by atoms with Gasteiger partial charge in [0.05, 0.1) is 5.69 Å². The van der Waals surface area contributed by atoms with E-state index in [1.165, 1.54) is 41.0 Å². The maximum Gasteiger partial charge on any atom is 0.355 e. The lowest BCUT2D eigenvalue weighted by atomic mass is 10.2. The van der Waals surface area contributed by atoms with Crippen LogP contribution in [-0.4, -0.2) is 26.1 Å². The van der Waals surface area contributed by atoms with Gasteiger partial charge in [0.2, 0.25) is 0 Å². The zero-order chi connectivity index (χ0) is 15.7. The van der Waals surface area contributed by atoms with E-state index in [0.29, 0.717) is 16.2 Å². The van der Waals surface area contributed by atoms with Gasteiger partial charge in [-0.1, -0.05) is 0 Å². The Balaban J connectivity index is 1.74. The first kappa shape index (κ1) is 14.2. The minimum atomic E-state index is -0.610. The molecule has 0 aliphatic rings. The number of aromatic amines is 1. The maximum absolute atomic E-state index is 11.9. The molecule has 0 amide bonds. The van der Waals surface area contributed by atoms with E-state index in [1.807, 2.05) is 0 Å². The van der Waals surface area contributed by atoms with Crippen LogP contribution < -0.4 is 5.56 Å². The van der Waals surface area contributed by atoms with Gasteiger partial charge in [0.15, 0.2) is 10.7 Å². The molecular formula is C14H11N3O4S. The number of ether oxygens (including phenoxy) is 1. The Morgan fingerprint density at radius 2 is 2.23 bits per heavy atom. The summed E-state index contributed by atoms with van der Waals surface area (Å²) in [6.45, 7) is 1.29. The summed E-state index contributed by atoms with van der Waals surface area (Å²) in [4.78, 5) is 42.3. The summed E-state index contributed by atoms with van der Waals surface area (Å²) in [7, 11) is 0. The molecule has 0 spiro atoms. The molecule has 3 aromatic heterocycles. The number of H-pyrrole nitrogens is 1. The molecule has 3 heterocycles. The van der Waals surface area contributed by atoms with E-state index in [-0.39, 0.29) is 23.6 Å². The van der Waals surface area contributed by atoms with Gasteiger partial charge >= 0.3 is 5.97 Å². The molecule has 22 heavy (non-hydrogen) atoms. The molecule has 0 atom stereocenters. The van der Waals surface area contributed by atoms with Crippen molar-refractivity contribution < 1.29 is 14.3 Å². The lowest BCUT2D eigenvalue weighted by molar-refractivity contribution is 0.0461. The van der Waals surface area contributed by atoms with Crippen molar-refractivity contribution in [1.82, 2.24) is 14.4 Å². The topological polar surface area (TPSA) is 93.5 Å². The highest BCUT2D eigenvalue weighted by molar-refractivity contribution is 7.15. The average Bonchev–Trinajstić information content (AvgIpc) is 3.13. The molecule has 3 aromatic rings. The number of hydrogen-bond donors (Lipinski definition) is 1. The van der Waals surface area contributed by atoms with Crippen molar-refractivity contribution in [2.24, 2.45) is 0 Å². The first-order chi connectivity index (χ1) is 10.5. The van der Waals surface area contributed by atoms with Crippen LogP contribution in [0.2, 0.25) is 0 Å². The molecular weight excluding hydrogens is 306 g/mol. The predicted octanol–water partition coefficient (Wildman–Crippen LogP) is 1.64. The Kier molecular flexibility index (Phi) is 3.60. The van der Waals surface area contributed by atoms with Crippen LogP contribution in [0.4, 0.5) is 0 Å². The highest BCUT2D eigenvalue weighted by Gasteiger charge is 2.13. The van der Waals surface area contributed by atoms with Gasteiger partial charge in [-0.25, -0.2) is 9.78 Å². The molecule has 1 N–H and O–H groups in total. The summed E-state index contributed by atoms with van der Waals surface area (Å²) >= 11 is 1.32. The normalized spacial score (nSPS) is 10.8. The monoisotopic (exact) mass is 317 g/mol. The Morgan fingerprint density at radius 3 is 2.95 bits per heavy atom. The highest BCUT2D eigenvalue weighted by Crippen LogP contribution is 2.09. The lowest BCUT2D eigenvalue weighted by Crippen LogP contribution is -2.14. The summed E-state index contributed by atoms with van der Waals surface area (Å²) in [5, 5.41) is 1.75. The van der Waals surface area contributed by atoms with E-state index in [1.54, 1.807) is 11.6 Å². The molecule has 0 radical (unpaired) electrons. The minimum Gasteiger partial charge on any atom is -0.455 e. The summed E-state index contributed by atoms with van der Waals surface area (Å²) in [6.07, 6.45) is 3.08. The standard InChI is InChI=1S/C14H11N3O4S/c1-8(18)9-4-11(15-6-9)13(20)21-7-10-5-12(19)17-2-3-22-14(17)16-10/h2-6,15H,7H2,1H3. The quantitative estimate of drug-likeness (QED) is 0.583. The lowest BCUT2D eigenvalue weighted by Gasteiger charge is -2.03. The number of hydrogen-bond acceptors (Lipinski definition) is 6. The average molecular weight is 317 g/mol. The van der Waals surface area contributed by atoms with Gasteiger partial charge in [-0.3, -0.25) is 14.0 Å². The van der Waals surface area contributed by atoms with E-state index < -0.39 is 5.97 Å². The summed E-state index contributed by atoms with van der Waals surface area (Å²) in [6, 6.07) is 2.75. The summed E-state index contributed by atoms with van der Waals surface area (Å²) in [5.41, 5.74) is 0.734. The molecule has 0 saturated heterocycles. The van der Waals surface area contributed by atoms with Gasteiger partial charge in [-0.2, -0.15) is 0 Å². The molecule has 7 nitrogen and oxygen atoms in total. The number of fused-ring (bicyclic) bond motifs is 1. The maximum atomic E-state index is 11.9. The fourth-order valence-electron chi connectivity index (χ4n) is 1.89. The number of carbonyl (C=O) groups is 2. The molecule has 0 fully saturated rings. The van der Waals surface area contributed by atoms with E-state index in [9.17, 15) is 14.4 Å². The second kappa shape index (κ2) is 5.57. The number of carbonyl (C=O) groups excluding carboxylic acids is 2. The van der Waals surface area contributed by atoms with Crippen molar-refractivity contribution >= 4 is 28.1 Å². The number of thiazole rings is 1. The number of esters is 1. The van der Waals surface area contributed by atoms with Crippen molar-refractivity contribution in [1.29, 1.82) is 0 Å². The molecule has 3 rings (SSSR count). The number of nitrogens with one attached hydrogen (secondary N) is 1. The number of ketones is 1. The number of rotatable bonds is 4. The molecule has 0 bridgehead atoms. The van der Waals surface area contributed by atoms with Crippen LogP contribution in [0.1, 0.15) is 33.5 Å². The summed E-state index contributed by atoms with van der Waals surface area (Å²) in [5.74, 6) is -0.756. The molecule has 0 unspecified atom stereocenters. The Morgan fingerprint density at radius 1 is 1.41 bits per heavy atom. The fraction of sp³-hybridized carbons (Fsp3) is 0.143. The van der Waals surface area contributed by atoms with Crippen molar-refractivity contribution in [2.45, 2.75) is 13.5 Å². The van der Waals surface area contributed by atoms with Crippen LogP contribution in [-0.2, 0) is 11.3 Å². The van der Waals surface area contributed by atoms with Crippen LogP contribution in [0.15, 0.2) is 34.7 Å². The second-order valence-corrected chi connectivity index (χ2v) is 5.45. The third-order valence-corrected chi connectivity index (χ3v) is 3.77. The van der Waals surface area contributed by atoms with E-state index in [4.69, 9.17) is 4.74 Å². The number of aromatic nitrogens is 3. The SMILES string of the molecule is CC(=O)c1c[nH]c(C(=O)OCc2cc(=O)n3ccsc3n2)c1. The van der Waals surface area contributed by atoms with Crippen LogP contribution in [0, 0.1) is 0 Å². The van der Waals surface area contributed by atoms with Gasteiger partial charge in [-0.15, -0.1) is 11.3 Å². The van der Waals surface area contributed by atoms with Gasteiger partial charge in [0.1, 0.15) is 12.3 Å². The Hall–Kier alpha value is -2.74. The largest absolute Gasteiger partial charge is 0.455 e. The third kappa shape index (κ3) is 2.68. The van der Waals surface area contributed by atoms with E-state index >= 15 is 0 Å². The summed E-state index contributed by atoms with van der Waals surface area (Å²) < 4.78 is 6.52. The smallest absolute Gasteiger partial charge is 0.355 e. The van der Waals surface area contributed by atoms with Gasteiger partial charge in [0.25, 0.3) is 5.56 Å². The first-order valence-electron chi connectivity index (χ1n) is 6.37. The molecule has 0 aliphatic heterocycles. The fourth-order valence-corrected chi connectivity index (χ4v) is 2.63. The molecule has 0 saturated carbocycles. The van der Waals surface area contributed by atoms with E-state index in [2.05, 4.69) is 9.97 Å². The van der Waals surface area contributed by atoms with Crippen LogP contribution in [0.25, 0.3) is 4.96 Å². The van der Waals surface area contributed by atoms with Gasteiger partial charge in [-0.05, 0) is 13.0 Å². The predicted molar refractivity (Wildman–Crippen MR) is 79.3 cm³/mol. The number of Topliss-reactive ketones (excluding diaryl/α,β-unsaturated/α-hetero) is 1. The zero-order valence-electron chi connectivity index (χ0n) is 11.5. The van der Waals surface area contributed by atoms with Crippen LogP contribution >= 0.6 is 11.3 Å². The number of nitrogens with zero attached hydrogens (tertiary/aromatic N) is 2. The molecule has 112 valence electrons. The molecule has 0 aliphatic carbocycles. The minimum absolute atomic E-state index is 0.114. The Bertz CT molecular complexity index is 921. The molecule has 8 heteroatoms. The first-order valence-corrected chi connectivity index (χ1v) is 7.25. The second-order valence-electron chi connectivity index (χ2n) is 4.58. The van der Waals surface area contributed by atoms with Crippen LogP contribution in [0.3, 0.4) is 0 Å². The Labute approximate surface area is 128 Å². The van der Waals surface area contributed by atoms with Crippen molar-refractivity contribution in [2.75, 3.05) is 0 Å². The van der Waals surface area contributed by atoms with Crippen molar-refractivity contribution in [3.05, 3.63) is 57.2 Å². The van der Waals surface area contributed by atoms with Crippen molar-refractivity contribution in [3.8, 4) is 0 Å². The van der Waals surface area contributed by atoms with Crippen LogP contribution in [0.5, 0.6) is 0 Å². The van der Waals surface area contributed by atoms with E-state index in [0.717, 1.165) is 0 Å².